The number of benzene rings is 6. The molecule has 6 aromatic carbocycles. The predicted octanol–water partition coefficient (Wildman–Crippen LogP) is 6.15. The molecule has 0 spiro atoms. The van der Waals surface area contributed by atoms with Crippen LogP contribution in [0.2, 0.25) is 0 Å². The molecule has 0 bridgehead atoms. The molecule has 0 radical (unpaired) electrons. The van der Waals surface area contributed by atoms with Crippen molar-refractivity contribution in [1.82, 2.24) is 0 Å². The number of hydrogen-bond acceptors (Lipinski definition) is 0. The second-order valence-electron chi connectivity index (χ2n) is 14.1. The van der Waals surface area contributed by atoms with E-state index in [1.54, 1.807) is 11.1 Å². The van der Waals surface area contributed by atoms with Crippen molar-refractivity contribution >= 4 is 12.2 Å². The second-order valence-corrected chi connectivity index (χ2v) is 14.1. The number of allylic oxidation sites excluding steroid dienone is 2. The van der Waals surface area contributed by atoms with E-state index in [1.165, 1.54) is 66.8 Å². The van der Waals surface area contributed by atoms with Crippen molar-refractivity contribution in [2.24, 2.45) is 11.8 Å². The fraction of sp³-hybridized carbons (Fsp3) is 0.167. The van der Waals surface area contributed by atoms with E-state index in [4.69, 9.17) is 0 Å². The predicted molar refractivity (Wildman–Crippen MR) is 202 cm³/mol. The molecule has 4 aliphatic rings. The van der Waals surface area contributed by atoms with E-state index in [0.717, 1.165) is 12.8 Å². The van der Waals surface area contributed by atoms with Crippen molar-refractivity contribution in [2.45, 2.75) is 38.5 Å². The van der Waals surface area contributed by atoms with Crippen LogP contribution in [0.15, 0.2) is 157 Å². The monoisotopic (exact) mass is 776 g/mol. The molecule has 250 valence electrons. The minimum Gasteiger partial charge on any atom is -1.00 e. The zero-order valence-corrected chi connectivity index (χ0v) is 33.0. The van der Waals surface area contributed by atoms with Crippen LogP contribution in [0, 0.1) is 11.8 Å². The molecule has 0 saturated carbocycles. The van der Waals surface area contributed by atoms with Gasteiger partial charge in [-0.3, -0.25) is 0 Å². The summed E-state index contributed by atoms with van der Waals surface area (Å²) < 4.78 is 0. The Kier molecular flexibility index (Phi) is 11.2. The summed E-state index contributed by atoms with van der Waals surface area (Å²) in [6.45, 7) is 4.81. The van der Waals surface area contributed by atoms with Crippen LogP contribution in [0.3, 0.4) is 0 Å². The van der Waals surface area contributed by atoms with Crippen molar-refractivity contribution < 1.29 is 51.0 Å². The van der Waals surface area contributed by atoms with Crippen molar-refractivity contribution in [3.63, 3.8) is 0 Å². The Bertz CT molecular complexity index is 2010. The van der Waals surface area contributed by atoms with Crippen molar-refractivity contribution in [2.75, 3.05) is 0 Å². The van der Waals surface area contributed by atoms with Gasteiger partial charge in [-0.2, -0.15) is 0 Å². The first-order chi connectivity index (χ1) is 23.7. The summed E-state index contributed by atoms with van der Waals surface area (Å²) in [6.07, 6.45) is 7.03. The van der Waals surface area contributed by atoms with Gasteiger partial charge in [-0.1, -0.05) is 183 Å². The molecule has 0 N–H and O–H groups in total. The summed E-state index contributed by atoms with van der Waals surface area (Å²) in [5, 5.41) is 0. The molecule has 0 aromatic heterocycles. The van der Waals surface area contributed by atoms with E-state index in [1.807, 2.05) is 0 Å². The molecule has 4 aliphatic carbocycles. The van der Waals surface area contributed by atoms with Crippen molar-refractivity contribution in [3.8, 4) is 22.3 Å². The van der Waals surface area contributed by atoms with Crippen molar-refractivity contribution in [1.29, 1.82) is 0 Å². The van der Waals surface area contributed by atoms with Crippen LogP contribution < -0.4 is 24.8 Å². The smallest absolute Gasteiger partial charge is 1.00 e. The van der Waals surface area contributed by atoms with E-state index >= 15 is 0 Å². The molecular formula is C48H40Cl2Zr. The Morgan fingerprint density at radius 1 is 0.392 bits per heavy atom. The molecular weight excluding hydrogens is 739 g/mol. The zero-order chi connectivity index (χ0) is 32.2. The summed E-state index contributed by atoms with van der Waals surface area (Å²) >= 11 is 0. The Labute approximate surface area is 334 Å². The van der Waals surface area contributed by atoms with Gasteiger partial charge in [-0.25, -0.2) is 0 Å². The SMILES string of the molecule is CC(C1=Cc2ccccc2C1)C1c2ccccc2-c2ccccc21.CC(C1=Cc2ccccc2C1)C1c2ccccc2-c2ccccc21.[Cl-].[Cl-].[Zr+2]. The van der Waals surface area contributed by atoms with Crippen LogP contribution in [0.25, 0.3) is 34.4 Å². The fourth-order valence-corrected chi connectivity index (χ4v) is 9.09. The van der Waals surface area contributed by atoms with Crippen LogP contribution in [0.5, 0.6) is 0 Å². The zero-order valence-electron chi connectivity index (χ0n) is 29.0. The first-order valence-electron chi connectivity index (χ1n) is 17.6. The van der Waals surface area contributed by atoms with Crippen LogP contribution in [0.4, 0.5) is 0 Å². The first-order valence-corrected chi connectivity index (χ1v) is 17.6. The third-order valence-corrected chi connectivity index (χ3v) is 11.5. The third-order valence-electron chi connectivity index (χ3n) is 11.5. The summed E-state index contributed by atoms with van der Waals surface area (Å²) in [7, 11) is 0. The van der Waals surface area contributed by atoms with Gasteiger partial charge in [0.2, 0.25) is 0 Å². The van der Waals surface area contributed by atoms with Crippen LogP contribution in [0.1, 0.15) is 70.2 Å². The van der Waals surface area contributed by atoms with E-state index < -0.39 is 0 Å². The Hall–Kier alpha value is -3.74. The largest absolute Gasteiger partial charge is 2.00 e. The van der Waals surface area contributed by atoms with Crippen LogP contribution in [-0.4, -0.2) is 0 Å². The van der Waals surface area contributed by atoms with Gasteiger partial charge in [0.1, 0.15) is 0 Å². The van der Waals surface area contributed by atoms with Gasteiger partial charge < -0.3 is 24.8 Å². The van der Waals surface area contributed by atoms with E-state index in [9.17, 15) is 0 Å². The van der Waals surface area contributed by atoms with E-state index in [-0.39, 0.29) is 51.0 Å². The normalized spacial score (nSPS) is 15.3. The number of hydrogen-bond donors (Lipinski definition) is 0. The standard InChI is InChI=1S/2C24H20.2ClH.Zr/c2*1-16(19-14-17-8-2-3-9-18(17)15-19)24-22-12-6-4-10-20(22)21-11-5-7-13-23(21)24;;;/h2*2-14,16,24H,15H2,1H3;2*1H;/q;;;;+2/p-2. The molecule has 0 aliphatic heterocycles. The molecule has 0 fully saturated rings. The molecule has 51 heavy (non-hydrogen) atoms. The number of rotatable bonds is 4. The van der Waals surface area contributed by atoms with Gasteiger partial charge >= 0.3 is 26.2 Å². The Morgan fingerprint density at radius 3 is 0.980 bits per heavy atom. The molecule has 0 nitrogen and oxygen atoms in total. The molecule has 2 unspecified atom stereocenters. The number of halogens is 2. The van der Waals surface area contributed by atoms with Gasteiger partial charge in [0, 0.05) is 11.8 Å². The molecule has 0 saturated heterocycles. The third kappa shape index (κ3) is 6.48. The van der Waals surface area contributed by atoms with E-state index in [0.29, 0.717) is 23.7 Å². The summed E-state index contributed by atoms with van der Waals surface area (Å²) in [5.74, 6) is 1.97. The number of fused-ring (bicyclic) bond motifs is 8. The minimum atomic E-state index is 0. The van der Waals surface area contributed by atoms with Gasteiger partial charge in [0.15, 0.2) is 0 Å². The van der Waals surface area contributed by atoms with Crippen LogP contribution >= 0.6 is 0 Å². The fourth-order valence-electron chi connectivity index (χ4n) is 9.09. The van der Waals surface area contributed by atoms with Gasteiger partial charge in [0.25, 0.3) is 0 Å². The molecule has 2 atom stereocenters. The Balaban J connectivity index is 0.000000166. The average molecular weight is 779 g/mol. The molecule has 3 heteroatoms. The molecule has 0 heterocycles. The first kappa shape index (κ1) is 37.0. The minimum absolute atomic E-state index is 0. The van der Waals surface area contributed by atoms with Crippen LogP contribution in [-0.2, 0) is 39.0 Å². The summed E-state index contributed by atoms with van der Waals surface area (Å²) in [6, 6.07) is 53.4. The van der Waals surface area contributed by atoms with Crippen molar-refractivity contribution in [3.05, 3.63) is 201 Å². The quantitative estimate of drug-likeness (QED) is 0.202. The summed E-state index contributed by atoms with van der Waals surface area (Å²) in [4.78, 5) is 0. The average Bonchev–Trinajstić information content (AvgIpc) is 3.92. The topological polar surface area (TPSA) is 0 Å². The molecule has 0 amide bonds. The van der Waals surface area contributed by atoms with Gasteiger partial charge in [-0.05, 0) is 91.4 Å². The maximum atomic E-state index is 2.42. The molecule has 6 aromatic rings. The Morgan fingerprint density at radius 2 is 0.667 bits per heavy atom. The maximum Gasteiger partial charge on any atom is 2.00 e. The maximum absolute atomic E-state index is 2.42. The van der Waals surface area contributed by atoms with E-state index in [2.05, 4.69) is 172 Å². The van der Waals surface area contributed by atoms with Gasteiger partial charge in [-0.15, -0.1) is 0 Å². The van der Waals surface area contributed by atoms with Gasteiger partial charge in [0.05, 0.1) is 0 Å². The second kappa shape index (κ2) is 15.5. The molecule has 10 rings (SSSR count). The summed E-state index contributed by atoms with van der Waals surface area (Å²) in [5.41, 5.74) is 20.5.